The van der Waals surface area contributed by atoms with Crippen LogP contribution in [0.1, 0.15) is 34.6 Å². The Balaban J connectivity index is 1.56. The third kappa shape index (κ3) is 5.44. The molecule has 1 aromatic carbocycles. The SMILES string of the molecule is COc1ccc([C@@H]2C[C@@H](C(F)(F)F)n3nc(C(=O)NCCN4CCOCC4)c(Cl)c3N2)cc1OC. The zero-order valence-corrected chi connectivity index (χ0v) is 20.1. The van der Waals surface area contributed by atoms with Crippen LogP contribution in [-0.4, -0.2) is 80.4 Å². The van der Waals surface area contributed by atoms with E-state index in [1.165, 1.54) is 14.2 Å². The van der Waals surface area contributed by atoms with Gasteiger partial charge in [0.25, 0.3) is 5.91 Å². The lowest BCUT2D eigenvalue weighted by atomic mass is 9.96. The largest absolute Gasteiger partial charge is 0.493 e. The monoisotopic (exact) mass is 517 g/mol. The highest BCUT2D eigenvalue weighted by atomic mass is 35.5. The van der Waals surface area contributed by atoms with Gasteiger partial charge >= 0.3 is 6.18 Å². The first-order valence-electron chi connectivity index (χ1n) is 11.1. The van der Waals surface area contributed by atoms with Crippen LogP contribution in [-0.2, 0) is 4.74 Å². The van der Waals surface area contributed by atoms with Gasteiger partial charge in [0.1, 0.15) is 10.8 Å². The summed E-state index contributed by atoms with van der Waals surface area (Å²) >= 11 is 6.39. The normalized spacial score (nSPS) is 20.6. The van der Waals surface area contributed by atoms with Crippen LogP contribution >= 0.6 is 11.6 Å². The van der Waals surface area contributed by atoms with Gasteiger partial charge in [0.2, 0.25) is 0 Å². The molecule has 4 rings (SSSR count). The van der Waals surface area contributed by atoms with E-state index < -0.39 is 24.2 Å². The summed E-state index contributed by atoms with van der Waals surface area (Å²) in [6.07, 6.45) is -4.95. The van der Waals surface area contributed by atoms with Crippen LogP contribution in [0.5, 0.6) is 11.5 Å². The van der Waals surface area contributed by atoms with Crippen molar-refractivity contribution in [3.05, 3.63) is 34.5 Å². The number of halogens is 4. The zero-order valence-electron chi connectivity index (χ0n) is 19.3. The van der Waals surface area contributed by atoms with Gasteiger partial charge in [-0.25, -0.2) is 4.68 Å². The second-order valence-corrected chi connectivity index (χ2v) is 8.65. The van der Waals surface area contributed by atoms with E-state index in [0.29, 0.717) is 43.4 Å². The molecule has 0 bridgehead atoms. The van der Waals surface area contributed by atoms with Crippen LogP contribution in [0.4, 0.5) is 19.0 Å². The van der Waals surface area contributed by atoms with Crippen LogP contribution in [0, 0.1) is 0 Å². The summed E-state index contributed by atoms with van der Waals surface area (Å²) in [5, 5.41) is 9.53. The predicted molar refractivity (Wildman–Crippen MR) is 122 cm³/mol. The Morgan fingerprint density at radius 3 is 2.63 bits per heavy atom. The molecule has 2 aliphatic rings. The Morgan fingerprint density at radius 1 is 1.26 bits per heavy atom. The molecule has 0 spiro atoms. The molecule has 2 atom stereocenters. The maximum atomic E-state index is 14.0. The Morgan fingerprint density at radius 2 is 1.97 bits per heavy atom. The number of hydrogen-bond donors (Lipinski definition) is 2. The maximum absolute atomic E-state index is 14.0. The number of nitrogens with one attached hydrogen (secondary N) is 2. The van der Waals surface area contributed by atoms with Crippen molar-refractivity contribution in [2.24, 2.45) is 0 Å². The summed E-state index contributed by atoms with van der Waals surface area (Å²) in [7, 11) is 2.92. The lowest BCUT2D eigenvalue weighted by Gasteiger charge is -2.33. The average Bonchev–Trinajstić information content (AvgIpc) is 3.19. The van der Waals surface area contributed by atoms with E-state index in [-0.39, 0.29) is 23.0 Å². The van der Waals surface area contributed by atoms with E-state index in [1.807, 2.05) is 0 Å². The number of anilines is 1. The highest BCUT2D eigenvalue weighted by molar-refractivity contribution is 6.36. The molecule has 0 radical (unpaired) electrons. The number of alkyl halides is 3. The number of nitrogens with zero attached hydrogens (tertiary/aromatic N) is 3. The Labute approximate surface area is 205 Å². The van der Waals surface area contributed by atoms with Crippen molar-refractivity contribution in [1.29, 1.82) is 0 Å². The number of morpholine rings is 1. The first kappa shape index (κ1) is 25.4. The highest BCUT2D eigenvalue weighted by Crippen LogP contribution is 2.47. The van der Waals surface area contributed by atoms with E-state index in [4.69, 9.17) is 25.8 Å². The Hall–Kier alpha value is -2.70. The molecule has 0 saturated carbocycles. The first-order chi connectivity index (χ1) is 16.7. The van der Waals surface area contributed by atoms with Gasteiger partial charge in [-0.2, -0.15) is 18.3 Å². The van der Waals surface area contributed by atoms with Crippen molar-refractivity contribution in [1.82, 2.24) is 20.0 Å². The number of aromatic nitrogens is 2. The molecule has 1 saturated heterocycles. The van der Waals surface area contributed by atoms with Gasteiger partial charge in [0, 0.05) is 32.6 Å². The molecule has 2 aliphatic heterocycles. The number of fused-ring (bicyclic) bond motifs is 1. The minimum Gasteiger partial charge on any atom is -0.493 e. The van der Waals surface area contributed by atoms with E-state index >= 15 is 0 Å². The minimum atomic E-state index is -4.61. The smallest absolute Gasteiger partial charge is 0.410 e. The van der Waals surface area contributed by atoms with Crippen LogP contribution < -0.4 is 20.1 Å². The predicted octanol–water partition coefficient (Wildman–Crippen LogP) is 3.28. The van der Waals surface area contributed by atoms with Crippen LogP contribution in [0.25, 0.3) is 0 Å². The number of rotatable bonds is 7. The Kier molecular flexibility index (Phi) is 7.62. The fourth-order valence-electron chi connectivity index (χ4n) is 4.26. The lowest BCUT2D eigenvalue weighted by Crippen LogP contribution is -2.41. The van der Waals surface area contributed by atoms with E-state index in [2.05, 4.69) is 20.6 Å². The fraction of sp³-hybridized carbons (Fsp3) is 0.545. The quantitative estimate of drug-likeness (QED) is 0.582. The van der Waals surface area contributed by atoms with Crippen molar-refractivity contribution in [2.45, 2.75) is 24.7 Å². The molecular weight excluding hydrogens is 491 g/mol. The molecule has 35 heavy (non-hydrogen) atoms. The summed E-state index contributed by atoms with van der Waals surface area (Å²) in [6.45, 7) is 3.65. The third-order valence-corrected chi connectivity index (χ3v) is 6.50. The van der Waals surface area contributed by atoms with Crippen LogP contribution in [0.2, 0.25) is 5.02 Å². The van der Waals surface area contributed by atoms with Crippen LogP contribution in [0.15, 0.2) is 18.2 Å². The topological polar surface area (TPSA) is 89.9 Å². The van der Waals surface area contributed by atoms with Crippen molar-refractivity contribution in [3.8, 4) is 11.5 Å². The zero-order chi connectivity index (χ0) is 25.2. The van der Waals surface area contributed by atoms with Gasteiger partial charge in [0.05, 0.1) is 33.5 Å². The summed E-state index contributed by atoms with van der Waals surface area (Å²) in [6, 6.07) is 2.18. The second-order valence-electron chi connectivity index (χ2n) is 8.27. The number of hydrogen-bond acceptors (Lipinski definition) is 7. The highest BCUT2D eigenvalue weighted by Gasteiger charge is 2.48. The number of ether oxygens (including phenoxy) is 3. The molecule has 2 N–H and O–H groups in total. The summed E-state index contributed by atoms with van der Waals surface area (Å²) in [4.78, 5) is 14.9. The molecule has 13 heteroatoms. The van der Waals surface area contributed by atoms with Crippen molar-refractivity contribution in [2.75, 3.05) is 58.9 Å². The summed E-state index contributed by atoms with van der Waals surface area (Å²) in [5.74, 6) is 0.160. The number of benzene rings is 1. The van der Waals surface area contributed by atoms with E-state index in [9.17, 15) is 18.0 Å². The maximum Gasteiger partial charge on any atom is 0.410 e. The van der Waals surface area contributed by atoms with Gasteiger partial charge < -0.3 is 24.8 Å². The van der Waals surface area contributed by atoms with E-state index in [0.717, 1.165) is 17.8 Å². The number of amides is 1. The third-order valence-electron chi connectivity index (χ3n) is 6.14. The number of carbonyl (C=O) groups excluding carboxylic acids is 1. The molecule has 2 aromatic rings. The van der Waals surface area contributed by atoms with Gasteiger partial charge in [-0.15, -0.1) is 0 Å². The molecule has 1 fully saturated rings. The lowest BCUT2D eigenvalue weighted by molar-refractivity contribution is -0.173. The molecule has 3 heterocycles. The number of carbonyl (C=O) groups is 1. The molecule has 9 nitrogen and oxygen atoms in total. The molecule has 0 aliphatic carbocycles. The molecular formula is C22H27ClF3N5O4. The van der Waals surface area contributed by atoms with Crippen molar-refractivity contribution >= 4 is 23.3 Å². The molecule has 0 unspecified atom stereocenters. The second kappa shape index (κ2) is 10.5. The molecule has 192 valence electrons. The standard InChI is InChI=1S/C22H27ClF3N5O4/c1-33-15-4-3-13(11-16(15)34-2)14-12-17(22(24,25)26)31-20(28-14)18(23)19(29-31)21(32)27-5-6-30-7-9-35-10-8-30/h3-4,11,14,17,28H,5-10,12H2,1-2H3,(H,27,32)/t14-,17-/m0/s1. The van der Waals surface area contributed by atoms with Gasteiger partial charge in [-0.05, 0) is 17.7 Å². The Bertz CT molecular complexity index is 1060. The minimum absolute atomic E-state index is 0.0571. The first-order valence-corrected chi connectivity index (χ1v) is 11.5. The van der Waals surface area contributed by atoms with Gasteiger partial charge in [0.15, 0.2) is 23.2 Å². The van der Waals surface area contributed by atoms with Gasteiger partial charge in [-0.3, -0.25) is 9.69 Å². The van der Waals surface area contributed by atoms with Crippen LogP contribution in [0.3, 0.4) is 0 Å². The summed E-state index contributed by atoms with van der Waals surface area (Å²) < 4.78 is 58.6. The number of methoxy groups -OCH3 is 2. The van der Waals surface area contributed by atoms with E-state index in [1.54, 1.807) is 18.2 Å². The average molecular weight is 518 g/mol. The van der Waals surface area contributed by atoms with Gasteiger partial charge in [-0.1, -0.05) is 17.7 Å². The molecule has 1 amide bonds. The summed E-state index contributed by atoms with van der Waals surface area (Å²) in [5.41, 5.74) is 0.301. The van der Waals surface area contributed by atoms with Crippen molar-refractivity contribution < 1.29 is 32.2 Å². The van der Waals surface area contributed by atoms with Crippen molar-refractivity contribution in [3.63, 3.8) is 0 Å². The fourth-order valence-corrected chi connectivity index (χ4v) is 4.52. The molecule has 1 aromatic heterocycles.